The lowest BCUT2D eigenvalue weighted by Crippen LogP contribution is -2.47. The number of hydrogen-bond acceptors (Lipinski definition) is 6. The third-order valence-corrected chi connectivity index (χ3v) is 5.95. The molecular weight excluding hydrogens is 407 g/mol. The van der Waals surface area contributed by atoms with E-state index in [4.69, 9.17) is 0 Å². The maximum Gasteiger partial charge on any atom is 0.254 e. The Morgan fingerprint density at radius 3 is 2.56 bits per heavy atom. The van der Waals surface area contributed by atoms with Gasteiger partial charge in [0.1, 0.15) is 17.5 Å². The van der Waals surface area contributed by atoms with Gasteiger partial charge in [0.05, 0.1) is 5.69 Å². The summed E-state index contributed by atoms with van der Waals surface area (Å²) in [7, 11) is 0. The smallest absolute Gasteiger partial charge is 0.254 e. The lowest BCUT2D eigenvalue weighted by Gasteiger charge is -2.36. The van der Waals surface area contributed by atoms with Crippen LogP contribution in [0.4, 0.5) is 15.9 Å². The number of rotatable bonds is 7. The first-order chi connectivity index (χ1) is 15.5. The molecule has 3 heterocycles. The van der Waals surface area contributed by atoms with Crippen molar-refractivity contribution in [2.45, 2.75) is 20.3 Å². The van der Waals surface area contributed by atoms with E-state index in [1.807, 2.05) is 31.2 Å². The monoisotopic (exact) mass is 436 g/mol. The number of nitrogens with zero attached hydrogens (tertiary/aromatic N) is 4. The topological polar surface area (TPSA) is 77.2 Å². The fraction of sp³-hybridized carbons (Fsp3) is 0.375. The molecule has 1 fully saturated rings. The van der Waals surface area contributed by atoms with E-state index in [2.05, 4.69) is 30.1 Å². The molecule has 1 saturated heterocycles. The van der Waals surface area contributed by atoms with Crippen molar-refractivity contribution in [1.29, 1.82) is 0 Å². The molecule has 0 bridgehead atoms. The third kappa shape index (κ3) is 5.13. The zero-order chi connectivity index (χ0) is 22.5. The minimum atomic E-state index is -0.150. The molecule has 168 valence electrons. The zero-order valence-electron chi connectivity index (χ0n) is 18.6. The normalized spacial score (nSPS) is 14.5. The van der Waals surface area contributed by atoms with Crippen LogP contribution in [-0.4, -0.2) is 59.1 Å². The van der Waals surface area contributed by atoms with Crippen LogP contribution < -0.4 is 15.8 Å². The highest BCUT2D eigenvalue weighted by atomic mass is 19.1. The van der Waals surface area contributed by atoms with Crippen molar-refractivity contribution < 1.29 is 4.39 Å². The molecule has 7 nitrogen and oxygen atoms in total. The van der Waals surface area contributed by atoms with Crippen LogP contribution in [0.25, 0.3) is 11.4 Å². The van der Waals surface area contributed by atoms with Crippen LogP contribution in [0.5, 0.6) is 0 Å². The highest BCUT2D eigenvalue weighted by Gasteiger charge is 2.18. The summed E-state index contributed by atoms with van der Waals surface area (Å²) in [5.74, 6) is 1.18. The Morgan fingerprint density at radius 2 is 1.88 bits per heavy atom. The maximum absolute atomic E-state index is 14.0. The van der Waals surface area contributed by atoms with Gasteiger partial charge in [0, 0.05) is 55.7 Å². The molecule has 0 atom stereocenters. The van der Waals surface area contributed by atoms with Crippen molar-refractivity contribution >= 4 is 11.5 Å². The second-order valence-electron chi connectivity index (χ2n) is 8.12. The van der Waals surface area contributed by atoms with Gasteiger partial charge in [0.15, 0.2) is 0 Å². The van der Waals surface area contributed by atoms with E-state index in [1.54, 1.807) is 19.2 Å². The first-order valence-electron chi connectivity index (χ1n) is 11.0. The molecule has 32 heavy (non-hydrogen) atoms. The number of aryl methyl sites for hydroxylation is 1. The van der Waals surface area contributed by atoms with Crippen molar-refractivity contribution in [3.63, 3.8) is 0 Å². The number of nitrogens with one attached hydrogen (secondary N) is 2. The molecule has 0 spiro atoms. The van der Waals surface area contributed by atoms with Gasteiger partial charge in [0.2, 0.25) is 0 Å². The Morgan fingerprint density at radius 1 is 1.09 bits per heavy atom. The van der Waals surface area contributed by atoms with Gasteiger partial charge in [0.25, 0.3) is 5.56 Å². The molecule has 0 saturated carbocycles. The Bertz CT molecular complexity index is 1110. The minimum absolute atomic E-state index is 0.121. The van der Waals surface area contributed by atoms with Gasteiger partial charge in [-0.25, -0.2) is 14.4 Å². The SMILES string of the molecule is Cc1nc(-c2ccc(NCCCN3CCN(c4ccccc4F)CC3)nc2)[nH]c(=O)c1C. The predicted octanol–water partition coefficient (Wildman–Crippen LogP) is 3.21. The Labute approximate surface area is 187 Å². The summed E-state index contributed by atoms with van der Waals surface area (Å²) in [6, 6.07) is 10.8. The molecular formula is C24H29FN6O. The number of piperazine rings is 1. The number of para-hydroxylation sites is 1. The lowest BCUT2D eigenvalue weighted by atomic mass is 10.2. The number of pyridine rings is 1. The number of anilines is 2. The zero-order valence-corrected chi connectivity index (χ0v) is 18.6. The highest BCUT2D eigenvalue weighted by molar-refractivity contribution is 5.56. The second-order valence-corrected chi connectivity index (χ2v) is 8.12. The van der Waals surface area contributed by atoms with Crippen LogP contribution in [0.15, 0.2) is 47.4 Å². The van der Waals surface area contributed by atoms with Crippen LogP contribution in [0, 0.1) is 19.7 Å². The number of aromatic nitrogens is 3. The van der Waals surface area contributed by atoms with E-state index in [-0.39, 0.29) is 11.4 Å². The molecule has 8 heteroatoms. The average molecular weight is 437 g/mol. The van der Waals surface area contributed by atoms with Gasteiger partial charge in [-0.2, -0.15) is 0 Å². The molecule has 1 aliphatic heterocycles. The van der Waals surface area contributed by atoms with Gasteiger partial charge >= 0.3 is 0 Å². The molecule has 0 amide bonds. The van der Waals surface area contributed by atoms with Gasteiger partial charge < -0.3 is 15.2 Å². The molecule has 3 aromatic rings. The van der Waals surface area contributed by atoms with Crippen molar-refractivity contribution in [3.05, 3.63) is 70.0 Å². The summed E-state index contributed by atoms with van der Waals surface area (Å²) in [6.07, 6.45) is 2.71. The minimum Gasteiger partial charge on any atom is -0.370 e. The number of hydrogen-bond donors (Lipinski definition) is 2. The third-order valence-electron chi connectivity index (χ3n) is 5.95. The summed E-state index contributed by atoms with van der Waals surface area (Å²) >= 11 is 0. The summed E-state index contributed by atoms with van der Waals surface area (Å²) in [5.41, 5.74) is 2.71. The average Bonchev–Trinajstić information content (AvgIpc) is 2.81. The Kier molecular flexibility index (Phi) is 6.80. The Balaban J connectivity index is 1.21. The van der Waals surface area contributed by atoms with Crippen LogP contribution in [-0.2, 0) is 0 Å². The first-order valence-corrected chi connectivity index (χ1v) is 11.0. The quantitative estimate of drug-likeness (QED) is 0.554. The second kappa shape index (κ2) is 9.91. The molecule has 4 rings (SSSR count). The number of halogens is 1. The van der Waals surface area contributed by atoms with E-state index in [9.17, 15) is 9.18 Å². The van der Waals surface area contributed by atoms with Crippen molar-refractivity contribution in [2.24, 2.45) is 0 Å². The van der Waals surface area contributed by atoms with Crippen LogP contribution in [0.3, 0.4) is 0 Å². The predicted molar refractivity (Wildman–Crippen MR) is 126 cm³/mol. The standard InChI is InChI=1S/C24H29FN6O/c1-17-18(2)28-23(29-24(17)32)19-8-9-22(27-16-19)26-10-5-11-30-12-14-31(15-13-30)21-7-4-3-6-20(21)25/h3-4,6-9,16H,5,10-15H2,1-2H3,(H,26,27)(H,28,29,32). The number of aromatic amines is 1. The lowest BCUT2D eigenvalue weighted by molar-refractivity contribution is 0.256. The summed E-state index contributed by atoms with van der Waals surface area (Å²) in [6.45, 7) is 8.95. The summed E-state index contributed by atoms with van der Waals surface area (Å²) in [5, 5.41) is 3.35. The summed E-state index contributed by atoms with van der Waals surface area (Å²) < 4.78 is 14.0. The van der Waals surface area contributed by atoms with E-state index < -0.39 is 0 Å². The fourth-order valence-electron chi connectivity index (χ4n) is 3.86. The maximum atomic E-state index is 14.0. The van der Waals surface area contributed by atoms with Crippen molar-refractivity contribution in [3.8, 4) is 11.4 Å². The molecule has 1 aliphatic rings. The van der Waals surface area contributed by atoms with Crippen molar-refractivity contribution in [2.75, 3.05) is 49.5 Å². The van der Waals surface area contributed by atoms with Gasteiger partial charge in [-0.05, 0) is 51.1 Å². The van der Waals surface area contributed by atoms with Crippen LogP contribution in [0.1, 0.15) is 17.7 Å². The number of benzene rings is 1. The molecule has 2 N–H and O–H groups in total. The van der Waals surface area contributed by atoms with Gasteiger partial charge in [-0.1, -0.05) is 12.1 Å². The summed E-state index contributed by atoms with van der Waals surface area (Å²) in [4.78, 5) is 28.2. The molecule has 2 aromatic heterocycles. The molecule has 1 aromatic carbocycles. The highest BCUT2D eigenvalue weighted by Crippen LogP contribution is 2.20. The van der Waals surface area contributed by atoms with E-state index in [1.165, 1.54) is 6.07 Å². The van der Waals surface area contributed by atoms with E-state index in [0.29, 0.717) is 17.1 Å². The molecule has 0 aliphatic carbocycles. The van der Waals surface area contributed by atoms with Crippen molar-refractivity contribution in [1.82, 2.24) is 19.9 Å². The van der Waals surface area contributed by atoms with E-state index >= 15 is 0 Å². The van der Waals surface area contributed by atoms with Crippen LogP contribution in [0.2, 0.25) is 0 Å². The van der Waals surface area contributed by atoms with Gasteiger partial charge in [-0.15, -0.1) is 0 Å². The number of H-pyrrole nitrogens is 1. The Hall–Kier alpha value is -3.26. The van der Waals surface area contributed by atoms with Gasteiger partial charge in [-0.3, -0.25) is 9.69 Å². The van der Waals surface area contributed by atoms with E-state index in [0.717, 1.165) is 62.8 Å². The largest absolute Gasteiger partial charge is 0.370 e. The fourth-order valence-corrected chi connectivity index (χ4v) is 3.86. The molecule has 0 unspecified atom stereocenters. The molecule has 0 radical (unpaired) electrons. The first kappa shape index (κ1) is 22.0. The van der Waals surface area contributed by atoms with Crippen LogP contribution >= 0.6 is 0 Å².